The Kier molecular flexibility index (Phi) is 5.94. The molecule has 0 bridgehead atoms. The Bertz CT molecular complexity index is 915. The van der Waals surface area contributed by atoms with E-state index in [0.717, 1.165) is 55.2 Å². The molecule has 1 aromatic carbocycles. The largest absolute Gasteiger partial charge is 0.302 e. The van der Waals surface area contributed by atoms with Gasteiger partial charge in [-0.25, -0.2) is 4.98 Å². The topological polar surface area (TPSA) is 79.4 Å². The number of anilines is 1. The number of unbranched alkanes of at least 4 members (excludes halogenated alkanes) is 1. The van der Waals surface area contributed by atoms with Gasteiger partial charge in [0.1, 0.15) is 0 Å². The van der Waals surface area contributed by atoms with Crippen LogP contribution in [0.25, 0.3) is 10.2 Å². The summed E-state index contributed by atoms with van der Waals surface area (Å²) in [6, 6.07) is 6.23. The van der Waals surface area contributed by atoms with E-state index in [2.05, 4.69) is 29.4 Å². The molecule has 2 heterocycles. The van der Waals surface area contributed by atoms with Gasteiger partial charge in [-0.15, -0.1) is 0 Å². The smallest absolute Gasteiger partial charge is 0.233 e. The lowest BCUT2D eigenvalue weighted by molar-refractivity contribution is -0.140. The molecule has 154 valence electrons. The van der Waals surface area contributed by atoms with Crippen LogP contribution in [0.15, 0.2) is 18.2 Å². The summed E-state index contributed by atoms with van der Waals surface area (Å²) >= 11 is 1.46. The number of likely N-dealkylation sites (tertiary alicyclic amines) is 1. The van der Waals surface area contributed by atoms with Gasteiger partial charge in [-0.3, -0.25) is 19.3 Å². The number of hydrogen-bond donors (Lipinski definition) is 1. The molecule has 0 radical (unpaired) electrons. The monoisotopic (exact) mass is 413 g/mol. The van der Waals surface area contributed by atoms with Crippen LogP contribution in [0.5, 0.6) is 0 Å². The summed E-state index contributed by atoms with van der Waals surface area (Å²) in [4.78, 5) is 43.2. The van der Waals surface area contributed by atoms with Gasteiger partial charge in [-0.1, -0.05) is 43.6 Å². The predicted molar refractivity (Wildman–Crippen MR) is 114 cm³/mol. The van der Waals surface area contributed by atoms with Gasteiger partial charge in [0.15, 0.2) is 5.13 Å². The number of nitrogens with one attached hydrogen (secondary N) is 1. The SMILES string of the molecule is CCCCc1ccc2nc(NC(=O)CCN3C(=O)[C@@H]4CCCC[C@H]4C3=O)sc2c1. The summed E-state index contributed by atoms with van der Waals surface area (Å²) in [5, 5.41) is 3.39. The average molecular weight is 414 g/mol. The number of rotatable bonds is 7. The molecular weight excluding hydrogens is 386 g/mol. The van der Waals surface area contributed by atoms with Crippen LogP contribution in [0, 0.1) is 11.8 Å². The zero-order chi connectivity index (χ0) is 20.4. The fourth-order valence-electron chi connectivity index (χ4n) is 4.41. The highest BCUT2D eigenvalue weighted by Crippen LogP contribution is 2.38. The molecule has 4 rings (SSSR count). The van der Waals surface area contributed by atoms with Gasteiger partial charge >= 0.3 is 0 Å². The van der Waals surface area contributed by atoms with E-state index in [0.29, 0.717) is 5.13 Å². The van der Waals surface area contributed by atoms with E-state index in [-0.39, 0.29) is 42.5 Å². The number of nitrogens with zero attached hydrogens (tertiary/aromatic N) is 2. The first-order valence-electron chi connectivity index (χ1n) is 10.6. The van der Waals surface area contributed by atoms with Crippen LogP contribution >= 0.6 is 11.3 Å². The van der Waals surface area contributed by atoms with E-state index in [1.54, 1.807) is 0 Å². The van der Waals surface area contributed by atoms with Crippen molar-refractivity contribution in [1.29, 1.82) is 0 Å². The van der Waals surface area contributed by atoms with Crippen molar-refractivity contribution in [2.45, 2.75) is 58.3 Å². The van der Waals surface area contributed by atoms with Crippen LogP contribution in [-0.2, 0) is 20.8 Å². The zero-order valence-corrected chi connectivity index (χ0v) is 17.6. The number of carbonyl (C=O) groups excluding carboxylic acids is 3. The molecule has 6 nitrogen and oxygen atoms in total. The quantitative estimate of drug-likeness (QED) is 0.692. The molecule has 3 amide bonds. The number of fused-ring (bicyclic) bond motifs is 2. The number of hydrogen-bond acceptors (Lipinski definition) is 5. The highest BCUT2D eigenvalue weighted by Gasteiger charge is 2.47. The maximum Gasteiger partial charge on any atom is 0.233 e. The first kappa shape index (κ1) is 20.0. The maximum atomic E-state index is 12.5. The van der Waals surface area contributed by atoms with Crippen molar-refractivity contribution >= 4 is 44.4 Å². The van der Waals surface area contributed by atoms with E-state index < -0.39 is 0 Å². The number of imide groups is 1. The number of aryl methyl sites for hydroxylation is 1. The Labute approximate surface area is 174 Å². The van der Waals surface area contributed by atoms with Gasteiger partial charge in [0.2, 0.25) is 17.7 Å². The number of amides is 3. The molecule has 1 saturated carbocycles. The summed E-state index contributed by atoms with van der Waals surface area (Å²) in [7, 11) is 0. The zero-order valence-electron chi connectivity index (χ0n) is 16.8. The Morgan fingerprint density at radius 2 is 1.93 bits per heavy atom. The molecular formula is C22H27N3O3S. The molecule has 0 unspecified atom stereocenters. The molecule has 1 saturated heterocycles. The first-order valence-corrected chi connectivity index (χ1v) is 11.4. The third kappa shape index (κ3) is 4.20. The second-order valence-corrected chi connectivity index (χ2v) is 9.08. The molecule has 2 fully saturated rings. The number of aromatic nitrogens is 1. The van der Waals surface area contributed by atoms with E-state index in [4.69, 9.17) is 0 Å². The number of thiazole rings is 1. The van der Waals surface area contributed by atoms with Crippen LogP contribution in [0.4, 0.5) is 5.13 Å². The summed E-state index contributed by atoms with van der Waals surface area (Å²) in [5.74, 6) is -0.721. The third-order valence-electron chi connectivity index (χ3n) is 6.01. The van der Waals surface area contributed by atoms with Crippen molar-refractivity contribution in [3.05, 3.63) is 23.8 Å². The second kappa shape index (κ2) is 8.61. The van der Waals surface area contributed by atoms with Crippen molar-refractivity contribution in [2.75, 3.05) is 11.9 Å². The minimum Gasteiger partial charge on any atom is -0.302 e. The summed E-state index contributed by atoms with van der Waals surface area (Å²) in [5.41, 5.74) is 2.16. The van der Waals surface area contributed by atoms with E-state index >= 15 is 0 Å². The van der Waals surface area contributed by atoms with Gasteiger partial charge in [0.25, 0.3) is 0 Å². The molecule has 2 atom stereocenters. The molecule has 2 aliphatic rings. The lowest BCUT2D eigenvalue weighted by atomic mass is 9.81. The van der Waals surface area contributed by atoms with Gasteiger partial charge < -0.3 is 5.32 Å². The van der Waals surface area contributed by atoms with Gasteiger partial charge in [-0.2, -0.15) is 0 Å². The molecule has 7 heteroatoms. The molecule has 1 aliphatic carbocycles. The van der Waals surface area contributed by atoms with Gasteiger partial charge in [0, 0.05) is 13.0 Å². The normalized spacial score (nSPS) is 21.6. The summed E-state index contributed by atoms with van der Waals surface area (Å²) in [6.45, 7) is 2.33. The minimum atomic E-state index is -0.217. The molecule has 1 N–H and O–H groups in total. The first-order chi connectivity index (χ1) is 14.1. The minimum absolute atomic E-state index is 0.0907. The third-order valence-corrected chi connectivity index (χ3v) is 6.95. The Balaban J connectivity index is 1.35. The Hall–Kier alpha value is -2.28. The van der Waals surface area contributed by atoms with Crippen LogP contribution in [-0.4, -0.2) is 34.2 Å². The van der Waals surface area contributed by atoms with Crippen LogP contribution in [0.1, 0.15) is 57.4 Å². The summed E-state index contributed by atoms with van der Waals surface area (Å²) in [6.07, 6.45) is 7.07. The highest BCUT2D eigenvalue weighted by atomic mass is 32.1. The van der Waals surface area contributed by atoms with Crippen molar-refractivity contribution in [2.24, 2.45) is 11.8 Å². The predicted octanol–water partition coefficient (Wildman–Crippen LogP) is 4.14. The standard InChI is InChI=1S/C22H27N3O3S/c1-2-3-6-14-9-10-17-18(13-14)29-22(23-17)24-19(26)11-12-25-20(27)15-7-4-5-8-16(15)21(25)28/h9-10,13,15-16H,2-8,11-12H2,1H3,(H,23,24,26)/t15-,16-/m1/s1. The average Bonchev–Trinajstić information content (AvgIpc) is 3.23. The van der Waals surface area contributed by atoms with Crippen LogP contribution in [0.3, 0.4) is 0 Å². The lowest BCUT2D eigenvalue weighted by Gasteiger charge is -2.19. The van der Waals surface area contributed by atoms with Gasteiger partial charge in [0.05, 0.1) is 22.1 Å². The van der Waals surface area contributed by atoms with Crippen molar-refractivity contribution in [1.82, 2.24) is 9.88 Å². The molecule has 1 aromatic heterocycles. The second-order valence-electron chi connectivity index (χ2n) is 8.05. The molecule has 0 spiro atoms. The molecule has 29 heavy (non-hydrogen) atoms. The van der Waals surface area contributed by atoms with Gasteiger partial charge in [-0.05, 0) is 43.4 Å². The van der Waals surface area contributed by atoms with Crippen molar-refractivity contribution < 1.29 is 14.4 Å². The van der Waals surface area contributed by atoms with Crippen molar-refractivity contribution in [3.63, 3.8) is 0 Å². The van der Waals surface area contributed by atoms with Crippen molar-refractivity contribution in [3.8, 4) is 0 Å². The molecule has 1 aliphatic heterocycles. The van der Waals surface area contributed by atoms with Crippen LogP contribution in [0.2, 0.25) is 0 Å². The maximum absolute atomic E-state index is 12.5. The van der Waals surface area contributed by atoms with E-state index in [1.165, 1.54) is 21.8 Å². The van der Waals surface area contributed by atoms with E-state index in [9.17, 15) is 14.4 Å². The fraction of sp³-hybridized carbons (Fsp3) is 0.545. The fourth-order valence-corrected chi connectivity index (χ4v) is 5.35. The van der Waals surface area contributed by atoms with E-state index in [1.807, 2.05) is 6.07 Å². The molecule has 2 aromatic rings. The number of carbonyl (C=O) groups is 3. The summed E-state index contributed by atoms with van der Waals surface area (Å²) < 4.78 is 1.06. The highest BCUT2D eigenvalue weighted by molar-refractivity contribution is 7.22. The Morgan fingerprint density at radius 3 is 2.62 bits per heavy atom. The van der Waals surface area contributed by atoms with Crippen LogP contribution < -0.4 is 5.32 Å². The number of benzene rings is 1. The lowest BCUT2D eigenvalue weighted by Crippen LogP contribution is -2.34. The Morgan fingerprint density at radius 1 is 1.21 bits per heavy atom.